The third-order valence-corrected chi connectivity index (χ3v) is 4.22. The number of carbonyl (C=O) groups is 1. The van der Waals surface area contributed by atoms with E-state index >= 15 is 0 Å². The maximum atomic E-state index is 12.2. The topological polar surface area (TPSA) is 45.3 Å². The van der Waals surface area contributed by atoms with Crippen LogP contribution in [-0.4, -0.2) is 29.1 Å². The van der Waals surface area contributed by atoms with Crippen LogP contribution in [0, 0.1) is 0 Å². The normalized spacial score (nSPS) is 16.0. The predicted molar refractivity (Wildman–Crippen MR) is 88.4 cm³/mol. The summed E-state index contributed by atoms with van der Waals surface area (Å²) >= 11 is 0. The predicted octanol–water partition coefficient (Wildman–Crippen LogP) is 4.45. The first-order chi connectivity index (χ1) is 10.4. The Labute approximate surface area is 131 Å². The first-order valence-corrected chi connectivity index (χ1v) is 8.03. The molecule has 4 heteroatoms. The highest BCUT2D eigenvalue weighted by Crippen LogP contribution is 2.28. The zero-order valence-electron chi connectivity index (χ0n) is 13.6. The Morgan fingerprint density at radius 3 is 2.55 bits per heavy atom. The van der Waals surface area contributed by atoms with Crippen LogP contribution in [0.5, 0.6) is 5.75 Å². The number of piperidine rings is 1. The number of H-pyrrole nitrogens is 1. The molecule has 0 spiro atoms. The molecule has 1 aliphatic rings. The van der Waals surface area contributed by atoms with Gasteiger partial charge in [-0.25, -0.2) is 4.79 Å². The standard InChI is InChI=1S/C18H24N2O2/c1-18(2,3)16-11-13-7-8-14(12-15(13)19-16)22-17(21)20-9-5-4-6-10-20/h7-8,11-12,19H,4-6,9-10H2,1-3H3. The Balaban J connectivity index is 1.78. The molecule has 2 heterocycles. The summed E-state index contributed by atoms with van der Waals surface area (Å²) < 4.78 is 5.52. The van der Waals surface area contributed by atoms with Crippen LogP contribution in [-0.2, 0) is 5.41 Å². The van der Waals surface area contributed by atoms with Crippen molar-refractivity contribution in [1.82, 2.24) is 9.88 Å². The fourth-order valence-corrected chi connectivity index (χ4v) is 2.82. The van der Waals surface area contributed by atoms with Crippen molar-refractivity contribution in [3.8, 4) is 5.75 Å². The van der Waals surface area contributed by atoms with Crippen LogP contribution < -0.4 is 4.74 Å². The molecular formula is C18H24N2O2. The van der Waals surface area contributed by atoms with E-state index < -0.39 is 0 Å². The van der Waals surface area contributed by atoms with Crippen molar-refractivity contribution in [2.45, 2.75) is 45.4 Å². The van der Waals surface area contributed by atoms with Gasteiger partial charge in [0, 0.05) is 35.8 Å². The molecule has 1 aliphatic heterocycles. The summed E-state index contributed by atoms with van der Waals surface area (Å²) in [5.74, 6) is 0.602. The van der Waals surface area contributed by atoms with Crippen LogP contribution >= 0.6 is 0 Å². The summed E-state index contributed by atoms with van der Waals surface area (Å²) in [6.07, 6.45) is 3.11. The number of nitrogens with one attached hydrogen (secondary N) is 1. The molecule has 3 rings (SSSR count). The molecule has 1 fully saturated rings. The highest BCUT2D eigenvalue weighted by atomic mass is 16.6. The summed E-state index contributed by atoms with van der Waals surface area (Å²) in [7, 11) is 0. The second kappa shape index (κ2) is 5.67. The maximum Gasteiger partial charge on any atom is 0.415 e. The highest BCUT2D eigenvalue weighted by Gasteiger charge is 2.19. The quantitative estimate of drug-likeness (QED) is 0.845. The lowest BCUT2D eigenvalue weighted by Crippen LogP contribution is -2.37. The summed E-state index contributed by atoms with van der Waals surface area (Å²) in [6, 6.07) is 7.93. The Kier molecular flexibility index (Phi) is 3.85. The van der Waals surface area contributed by atoms with Crippen molar-refractivity contribution < 1.29 is 9.53 Å². The van der Waals surface area contributed by atoms with Gasteiger partial charge in [-0.05, 0) is 42.8 Å². The van der Waals surface area contributed by atoms with Gasteiger partial charge in [0.2, 0.25) is 0 Å². The molecule has 1 saturated heterocycles. The second-order valence-electron chi connectivity index (χ2n) is 7.10. The van der Waals surface area contributed by atoms with Gasteiger partial charge in [-0.1, -0.05) is 20.8 Å². The summed E-state index contributed by atoms with van der Waals surface area (Å²) in [5.41, 5.74) is 2.26. The van der Waals surface area contributed by atoms with E-state index in [4.69, 9.17) is 4.74 Å². The summed E-state index contributed by atoms with van der Waals surface area (Å²) in [4.78, 5) is 17.4. The van der Waals surface area contributed by atoms with E-state index in [2.05, 4.69) is 31.8 Å². The van der Waals surface area contributed by atoms with Gasteiger partial charge in [-0.3, -0.25) is 0 Å². The molecule has 0 saturated carbocycles. The van der Waals surface area contributed by atoms with Gasteiger partial charge >= 0.3 is 6.09 Å². The molecule has 2 aromatic rings. The zero-order chi connectivity index (χ0) is 15.7. The number of hydrogen-bond acceptors (Lipinski definition) is 2. The molecule has 4 nitrogen and oxygen atoms in total. The first-order valence-electron chi connectivity index (χ1n) is 8.03. The molecule has 0 bridgehead atoms. The van der Waals surface area contributed by atoms with Crippen LogP contribution in [0.15, 0.2) is 24.3 Å². The third kappa shape index (κ3) is 3.11. The van der Waals surface area contributed by atoms with Crippen molar-refractivity contribution in [1.29, 1.82) is 0 Å². The Morgan fingerprint density at radius 1 is 1.14 bits per heavy atom. The number of aromatic amines is 1. The number of nitrogens with zero attached hydrogens (tertiary/aromatic N) is 1. The Hall–Kier alpha value is -1.97. The van der Waals surface area contributed by atoms with E-state index in [9.17, 15) is 4.79 Å². The Morgan fingerprint density at radius 2 is 1.86 bits per heavy atom. The number of fused-ring (bicyclic) bond motifs is 1. The fourth-order valence-electron chi connectivity index (χ4n) is 2.82. The average Bonchev–Trinajstić information content (AvgIpc) is 2.91. The van der Waals surface area contributed by atoms with E-state index in [1.165, 1.54) is 12.1 Å². The lowest BCUT2D eigenvalue weighted by molar-refractivity contribution is 0.142. The van der Waals surface area contributed by atoms with Gasteiger partial charge in [0.05, 0.1) is 0 Å². The number of rotatable bonds is 1. The minimum Gasteiger partial charge on any atom is -0.410 e. The summed E-state index contributed by atoms with van der Waals surface area (Å²) in [5, 5.41) is 1.14. The van der Waals surface area contributed by atoms with E-state index in [1.807, 2.05) is 18.2 Å². The smallest absolute Gasteiger partial charge is 0.410 e. The molecule has 0 aliphatic carbocycles. The molecule has 0 radical (unpaired) electrons. The van der Waals surface area contributed by atoms with Crippen molar-refractivity contribution in [2.75, 3.05) is 13.1 Å². The van der Waals surface area contributed by atoms with E-state index in [-0.39, 0.29) is 11.5 Å². The molecule has 22 heavy (non-hydrogen) atoms. The summed E-state index contributed by atoms with van der Waals surface area (Å²) in [6.45, 7) is 8.13. The van der Waals surface area contributed by atoms with Crippen LogP contribution in [0.1, 0.15) is 45.7 Å². The van der Waals surface area contributed by atoms with E-state index in [1.54, 1.807) is 4.90 Å². The van der Waals surface area contributed by atoms with Gasteiger partial charge in [0.1, 0.15) is 5.75 Å². The van der Waals surface area contributed by atoms with E-state index in [0.29, 0.717) is 5.75 Å². The third-order valence-electron chi connectivity index (χ3n) is 4.22. The fraction of sp³-hybridized carbons (Fsp3) is 0.500. The molecule has 118 valence electrons. The lowest BCUT2D eigenvalue weighted by Gasteiger charge is -2.25. The van der Waals surface area contributed by atoms with Gasteiger partial charge in [-0.15, -0.1) is 0 Å². The van der Waals surface area contributed by atoms with Crippen molar-refractivity contribution in [3.05, 3.63) is 30.0 Å². The minimum atomic E-state index is -0.235. The molecule has 1 N–H and O–H groups in total. The van der Waals surface area contributed by atoms with Gasteiger partial charge < -0.3 is 14.6 Å². The van der Waals surface area contributed by atoms with Gasteiger partial charge in [-0.2, -0.15) is 0 Å². The number of amides is 1. The monoisotopic (exact) mass is 300 g/mol. The van der Waals surface area contributed by atoms with E-state index in [0.717, 1.165) is 36.8 Å². The molecule has 1 aromatic carbocycles. The van der Waals surface area contributed by atoms with Gasteiger partial charge in [0.15, 0.2) is 0 Å². The second-order valence-corrected chi connectivity index (χ2v) is 7.10. The molecule has 1 aromatic heterocycles. The van der Waals surface area contributed by atoms with Crippen LogP contribution in [0.2, 0.25) is 0 Å². The van der Waals surface area contributed by atoms with Crippen LogP contribution in [0.3, 0.4) is 0 Å². The SMILES string of the molecule is CC(C)(C)c1cc2ccc(OC(=O)N3CCCCC3)cc2[nH]1. The first kappa shape index (κ1) is 14.9. The number of carbonyl (C=O) groups excluding carboxylic acids is 1. The van der Waals surface area contributed by atoms with Crippen molar-refractivity contribution in [2.24, 2.45) is 0 Å². The van der Waals surface area contributed by atoms with Crippen LogP contribution in [0.4, 0.5) is 4.79 Å². The minimum absolute atomic E-state index is 0.0731. The van der Waals surface area contributed by atoms with Crippen molar-refractivity contribution in [3.63, 3.8) is 0 Å². The number of likely N-dealkylation sites (tertiary alicyclic amines) is 1. The maximum absolute atomic E-state index is 12.2. The van der Waals surface area contributed by atoms with Gasteiger partial charge in [0.25, 0.3) is 0 Å². The molecular weight excluding hydrogens is 276 g/mol. The number of hydrogen-bond donors (Lipinski definition) is 1. The van der Waals surface area contributed by atoms with Crippen molar-refractivity contribution >= 4 is 17.0 Å². The highest BCUT2D eigenvalue weighted by molar-refractivity contribution is 5.83. The lowest BCUT2D eigenvalue weighted by atomic mass is 9.92. The molecule has 0 unspecified atom stereocenters. The molecule has 0 atom stereocenters. The van der Waals surface area contributed by atoms with Crippen LogP contribution in [0.25, 0.3) is 10.9 Å². The Bertz CT molecular complexity index is 676. The number of aromatic nitrogens is 1. The zero-order valence-corrected chi connectivity index (χ0v) is 13.6. The largest absolute Gasteiger partial charge is 0.415 e. The average molecular weight is 300 g/mol. The molecule has 1 amide bonds. The number of benzene rings is 1. The number of ether oxygens (including phenoxy) is 1.